The molecule has 1 aliphatic heterocycles. The van der Waals surface area contributed by atoms with Gasteiger partial charge in [-0.05, 0) is 19.3 Å². The number of rotatable bonds is 4. The van der Waals surface area contributed by atoms with Gasteiger partial charge < -0.3 is 10.0 Å². The van der Waals surface area contributed by atoms with Gasteiger partial charge in [-0.3, -0.25) is 9.59 Å². The number of carboxylic acid groups (broad SMARTS) is 1. The zero-order valence-corrected chi connectivity index (χ0v) is 9.32. The number of aliphatic carboxylic acids is 1. The summed E-state index contributed by atoms with van der Waals surface area (Å²) in [4.78, 5) is 24.2. The summed E-state index contributed by atoms with van der Waals surface area (Å²) in [5.74, 6) is 1.57. The molecule has 1 N–H and O–H groups in total. The summed E-state index contributed by atoms with van der Waals surface area (Å²) in [5.41, 5.74) is 0. The first-order valence-electron chi connectivity index (χ1n) is 5.60. The van der Waals surface area contributed by atoms with Crippen molar-refractivity contribution in [2.45, 2.75) is 44.6 Å². The third-order valence-corrected chi connectivity index (χ3v) is 2.84. The molecule has 0 aromatic rings. The molecule has 0 bridgehead atoms. The van der Waals surface area contributed by atoms with E-state index in [-0.39, 0.29) is 18.4 Å². The Labute approximate surface area is 95.6 Å². The molecule has 1 amide bonds. The zero-order chi connectivity index (χ0) is 12.0. The van der Waals surface area contributed by atoms with E-state index in [0.29, 0.717) is 19.4 Å². The monoisotopic (exact) mass is 223 g/mol. The topological polar surface area (TPSA) is 57.6 Å². The minimum atomic E-state index is -0.846. The van der Waals surface area contributed by atoms with Crippen molar-refractivity contribution in [2.24, 2.45) is 0 Å². The third-order valence-electron chi connectivity index (χ3n) is 2.84. The first kappa shape index (κ1) is 12.6. The first-order chi connectivity index (χ1) is 7.65. The molecule has 1 fully saturated rings. The second kappa shape index (κ2) is 6.16. The summed E-state index contributed by atoms with van der Waals surface area (Å²) >= 11 is 0. The Hall–Kier alpha value is -1.50. The Bertz CT molecular complexity index is 306. The van der Waals surface area contributed by atoms with E-state index in [1.54, 1.807) is 4.90 Å². The van der Waals surface area contributed by atoms with Crippen molar-refractivity contribution in [2.75, 3.05) is 6.54 Å². The van der Waals surface area contributed by atoms with Crippen LogP contribution in [-0.4, -0.2) is 34.5 Å². The molecule has 1 aliphatic rings. The van der Waals surface area contributed by atoms with Crippen LogP contribution in [0.5, 0.6) is 0 Å². The number of nitrogens with zero attached hydrogens (tertiary/aromatic N) is 1. The highest BCUT2D eigenvalue weighted by molar-refractivity contribution is 5.78. The maximum absolute atomic E-state index is 11.8. The molecule has 0 saturated carbocycles. The van der Waals surface area contributed by atoms with Crippen LogP contribution in [0.4, 0.5) is 0 Å². The summed E-state index contributed by atoms with van der Waals surface area (Å²) in [7, 11) is 0. The van der Waals surface area contributed by atoms with Gasteiger partial charge in [0.25, 0.3) is 0 Å². The van der Waals surface area contributed by atoms with Crippen molar-refractivity contribution in [3.05, 3.63) is 0 Å². The van der Waals surface area contributed by atoms with Gasteiger partial charge >= 0.3 is 5.97 Å². The number of terminal acetylenes is 1. The largest absolute Gasteiger partial charge is 0.481 e. The molecule has 0 aromatic heterocycles. The van der Waals surface area contributed by atoms with Crippen molar-refractivity contribution in [1.82, 2.24) is 4.90 Å². The van der Waals surface area contributed by atoms with Gasteiger partial charge in [-0.2, -0.15) is 0 Å². The van der Waals surface area contributed by atoms with E-state index in [1.807, 2.05) is 0 Å². The number of amides is 1. The lowest BCUT2D eigenvalue weighted by Crippen LogP contribution is -2.44. The Morgan fingerprint density at radius 1 is 1.44 bits per heavy atom. The van der Waals surface area contributed by atoms with Crippen molar-refractivity contribution in [3.8, 4) is 12.3 Å². The maximum atomic E-state index is 11.8. The highest BCUT2D eigenvalue weighted by Crippen LogP contribution is 2.20. The molecule has 1 rings (SSSR count). The first-order valence-corrected chi connectivity index (χ1v) is 5.60. The third kappa shape index (κ3) is 3.58. The summed E-state index contributed by atoms with van der Waals surface area (Å²) in [5, 5.41) is 8.77. The highest BCUT2D eigenvalue weighted by Gasteiger charge is 2.27. The second-order valence-corrected chi connectivity index (χ2v) is 4.04. The molecule has 0 aromatic carbocycles. The number of carbonyl (C=O) groups excluding carboxylic acids is 1. The van der Waals surface area contributed by atoms with E-state index in [1.165, 1.54) is 0 Å². The lowest BCUT2D eigenvalue weighted by atomic mass is 9.99. The standard InChI is InChI=1S/C12H17NO3/c1-2-3-7-11(14)13-8-5-4-6-10(13)9-12(15)16/h1,10H,3-9H2,(H,15,16). The minimum Gasteiger partial charge on any atom is -0.481 e. The Morgan fingerprint density at radius 3 is 2.81 bits per heavy atom. The normalized spacial score (nSPS) is 20.2. The molecule has 1 saturated heterocycles. The number of carboxylic acids is 1. The van der Waals surface area contributed by atoms with Gasteiger partial charge in [0.15, 0.2) is 0 Å². The maximum Gasteiger partial charge on any atom is 0.305 e. The average molecular weight is 223 g/mol. The molecule has 0 aliphatic carbocycles. The number of hydrogen-bond acceptors (Lipinski definition) is 2. The SMILES string of the molecule is C#CCCC(=O)N1CCCCC1CC(=O)O. The van der Waals surface area contributed by atoms with Crippen LogP contribution in [0.3, 0.4) is 0 Å². The molecule has 4 heteroatoms. The summed E-state index contributed by atoms with van der Waals surface area (Å²) in [6.07, 6.45) is 8.64. The van der Waals surface area contributed by atoms with Crippen LogP contribution >= 0.6 is 0 Å². The van der Waals surface area contributed by atoms with Gasteiger partial charge in [0.05, 0.1) is 6.42 Å². The van der Waals surface area contributed by atoms with Crippen LogP contribution in [0.25, 0.3) is 0 Å². The fraction of sp³-hybridized carbons (Fsp3) is 0.667. The minimum absolute atomic E-state index is 0.0103. The van der Waals surface area contributed by atoms with Gasteiger partial charge in [-0.25, -0.2) is 0 Å². The summed E-state index contributed by atoms with van der Waals surface area (Å²) < 4.78 is 0. The number of carbonyl (C=O) groups is 2. The van der Waals surface area contributed by atoms with Crippen LogP contribution in [0.2, 0.25) is 0 Å². The molecule has 1 heterocycles. The summed E-state index contributed by atoms with van der Waals surface area (Å²) in [6, 6.07) is -0.142. The van der Waals surface area contributed by atoms with E-state index in [0.717, 1.165) is 19.3 Å². The molecule has 88 valence electrons. The van der Waals surface area contributed by atoms with Crippen molar-refractivity contribution in [1.29, 1.82) is 0 Å². The Balaban J connectivity index is 2.55. The fourth-order valence-corrected chi connectivity index (χ4v) is 2.07. The van der Waals surface area contributed by atoms with Crippen molar-refractivity contribution in [3.63, 3.8) is 0 Å². The van der Waals surface area contributed by atoms with E-state index in [9.17, 15) is 9.59 Å². The molecular weight excluding hydrogens is 206 g/mol. The van der Waals surface area contributed by atoms with Crippen molar-refractivity contribution >= 4 is 11.9 Å². The van der Waals surface area contributed by atoms with E-state index >= 15 is 0 Å². The fourth-order valence-electron chi connectivity index (χ4n) is 2.07. The van der Waals surface area contributed by atoms with Crippen LogP contribution in [-0.2, 0) is 9.59 Å². The number of piperidine rings is 1. The quantitative estimate of drug-likeness (QED) is 0.730. The average Bonchev–Trinajstić information content (AvgIpc) is 2.26. The van der Waals surface area contributed by atoms with Crippen molar-refractivity contribution < 1.29 is 14.7 Å². The van der Waals surface area contributed by atoms with Gasteiger partial charge in [0, 0.05) is 25.4 Å². The number of hydrogen-bond donors (Lipinski definition) is 1. The summed E-state index contributed by atoms with van der Waals surface area (Å²) in [6.45, 7) is 0.668. The zero-order valence-electron chi connectivity index (χ0n) is 9.32. The molecule has 1 unspecified atom stereocenters. The Morgan fingerprint density at radius 2 is 2.19 bits per heavy atom. The number of likely N-dealkylation sites (tertiary alicyclic amines) is 1. The van der Waals surface area contributed by atoms with Gasteiger partial charge in [0.1, 0.15) is 0 Å². The van der Waals surface area contributed by atoms with Gasteiger partial charge in [-0.1, -0.05) is 0 Å². The Kier molecular flexibility index (Phi) is 4.84. The molecule has 16 heavy (non-hydrogen) atoms. The predicted molar refractivity (Wildman–Crippen MR) is 59.7 cm³/mol. The molecular formula is C12H17NO3. The smallest absolute Gasteiger partial charge is 0.305 e. The molecule has 0 radical (unpaired) electrons. The lowest BCUT2D eigenvalue weighted by molar-refractivity contribution is -0.141. The lowest BCUT2D eigenvalue weighted by Gasteiger charge is -2.35. The predicted octanol–water partition coefficient (Wildman–Crippen LogP) is 1.26. The van der Waals surface area contributed by atoms with Gasteiger partial charge in [0.2, 0.25) is 5.91 Å². The molecule has 0 spiro atoms. The van der Waals surface area contributed by atoms with Crippen LogP contribution in [0.1, 0.15) is 38.5 Å². The van der Waals surface area contributed by atoms with E-state index < -0.39 is 5.97 Å². The molecule has 1 atom stereocenters. The van der Waals surface area contributed by atoms with Crippen LogP contribution < -0.4 is 0 Å². The second-order valence-electron chi connectivity index (χ2n) is 4.04. The molecule has 4 nitrogen and oxygen atoms in total. The van der Waals surface area contributed by atoms with E-state index in [4.69, 9.17) is 11.5 Å². The van der Waals surface area contributed by atoms with E-state index in [2.05, 4.69) is 5.92 Å². The highest BCUT2D eigenvalue weighted by atomic mass is 16.4. The van der Waals surface area contributed by atoms with Crippen LogP contribution in [0.15, 0.2) is 0 Å². The van der Waals surface area contributed by atoms with Gasteiger partial charge in [-0.15, -0.1) is 12.3 Å². The van der Waals surface area contributed by atoms with Crippen LogP contribution in [0, 0.1) is 12.3 Å².